The van der Waals surface area contributed by atoms with Crippen molar-refractivity contribution in [2.24, 2.45) is 5.73 Å². The van der Waals surface area contributed by atoms with Crippen LogP contribution in [0.25, 0.3) is 28.2 Å². The number of hydrogen-bond donors (Lipinski definition) is 1. The first kappa shape index (κ1) is 17.5. The van der Waals surface area contributed by atoms with Gasteiger partial charge in [-0.25, -0.2) is 9.50 Å². The minimum Gasteiger partial charge on any atom is -0.392 e. The van der Waals surface area contributed by atoms with E-state index in [1.165, 1.54) is 10.9 Å². The monoisotopic (exact) mass is 385 g/mol. The van der Waals surface area contributed by atoms with E-state index in [4.69, 9.17) is 15.5 Å². The van der Waals surface area contributed by atoms with Gasteiger partial charge in [0.15, 0.2) is 0 Å². The first-order valence-corrected chi connectivity index (χ1v) is 9.49. The minimum atomic E-state index is -0.202. The molecule has 0 aliphatic heterocycles. The Labute approximate surface area is 167 Å². The van der Waals surface area contributed by atoms with Gasteiger partial charge in [-0.2, -0.15) is 4.98 Å². The SMILES string of the molecule is NC1(c2ccc(-c3nc4nc(OC=O)nn4cc3-c3ccccc3)cc2)CCC1. The zero-order valence-corrected chi connectivity index (χ0v) is 15.7. The van der Waals surface area contributed by atoms with Gasteiger partial charge in [0.2, 0.25) is 0 Å². The number of rotatable bonds is 5. The van der Waals surface area contributed by atoms with Crippen LogP contribution in [-0.2, 0) is 10.3 Å². The Bertz CT molecular complexity index is 1180. The van der Waals surface area contributed by atoms with Crippen LogP contribution in [-0.4, -0.2) is 26.1 Å². The summed E-state index contributed by atoms with van der Waals surface area (Å²) in [6, 6.07) is 18.2. The normalized spacial score (nSPS) is 15.1. The lowest BCUT2D eigenvalue weighted by Gasteiger charge is -2.38. The third-order valence-electron chi connectivity index (χ3n) is 5.53. The summed E-state index contributed by atoms with van der Waals surface area (Å²) in [4.78, 5) is 19.5. The summed E-state index contributed by atoms with van der Waals surface area (Å²) in [5.74, 6) is 0.356. The maximum absolute atomic E-state index is 10.6. The predicted molar refractivity (Wildman–Crippen MR) is 108 cm³/mol. The molecule has 0 atom stereocenters. The first-order chi connectivity index (χ1) is 14.2. The van der Waals surface area contributed by atoms with Gasteiger partial charge in [-0.3, -0.25) is 4.79 Å². The van der Waals surface area contributed by atoms with Crippen LogP contribution >= 0.6 is 0 Å². The Morgan fingerprint density at radius 1 is 1.00 bits per heavy atom. The minimum absolute atomic E-state index is 0.0333. The molecule has 2 aromatic carbocycles. The maximum Gasteiger partial charge on any atom is 0.345 e. The van der Waals surface area contributed by atoms with Crippen molar-refractivity contribution in [2.45, 2.75) is 24.8 Å². The molecular weight excluding hydrogens is 366 g/mol. The number of carbonyl (C=O) groups excluding carboxylic acids is 1. The van der Waals surface area contributed by atoms with Crippen LogP contribution in [0.1, 0.15) is 24.8 Å². The molecule has 0 unspecified atom stereocenters. The number of ether oxygens (including phenoxy) is 1. The summed E-state index contributed by atoms with van der Waals surface area (Å²) in [5.41, 5.74) is 11.1. The molecule has 0 saturated heterocycles. The van der Waals surface area contributed by atoms with E-state index < -0.39 is 0 Å². The Morgan fingerprint density at radius 2 is 1.76 bits per heavy atom. The number of nitrogens with zero attached hydrogens (tertiary/aromatic N) is 4. The highest BCUT2D eigenvalue weighted by Crippen LogP contribution is 2.39. The number of benzene rings is 2. The molecule has 144 valence electrons. The van der Waals surface area contributed by atoms with Crippen LogP contribution in [0.2, 0.25) is 0 Å². The van der Waals surface area contributed by atoms with Crippen molar-refractivity contribution >= 4 is 12.2 Å². The summed E-state index contributed by atoms with van der Waals surface area (Å²) in [7, 11) is 0. The molecule has 5 rings (SSSR count). The van der Waals surface area contributed by atoms with Gasteiger partial charge in [-0.1, -0.05) is 54.6 Å². The van der Waals surface area contributed by atoms with Crippen molar-refractivity contribution in [3.8, 4) is 28.4 Å². The largest absolute Gasteiger partial charge is 0.392 e. The lowest BCUT2D eigenvalue weighted by Crippen LogP contribution is -2.43. The molecule has 7 heteroatoms. The Kier molecular flexibility index (Phi) is 4.10. The highest BCUT2D eigenvalue weighted by molar-refractivity contribution is 5.81. The molecule has 0 radical (unpaired) electrons. The van der Waals surface area contributed by atoms with Gasteiger partial charge in [0.1, 0.15) is 0 Å². The number of nitrogens with two attached hydrogens (primary N) is 1. The van der Waals surface area contributed by atoms with E-state index in [0.717, 1.165) is 40.8 Å². The van der Waals surface area contributed by atoms with E-state index >= 15 is 0 Å². The second-order valence-corrected chi connectivity index (χ2v) is 7.31. The molecule has 2 heterocycles. The van der Waals surface area contributed by atoms with Crippen LogP contribution in [0.15, 0.2) is 60.8 Å². The van der Waals surface area contributed by atoms with E-state index in [2.05, 4.69) is 22.2 Å². The quantitative estimate of drug-likeness (QED) is 0.530. The molecule has 2 N–H and O–H groups in total. The van der Waals surface area contributed by atoms with E-state index in [1.54, 1.807) is 0 Å². The van der Waals surface area contributed by atoms with Crippen molar-refractivity contribution in [3.63, 3.8) is 0 Å². The van der Waals surface area contributed by atoms with Gasteiger partial charge in [0.05, 0.1) is 5.69 Å². The molecule has 1 saturated carbocycles. The van der Waals surface area contributed by atoms with Crippen LogP contribution < -0.4 is 10.5 Å². The third-order valence-corrected chi connectivity index (χ3v) is 5.53. The lowest BCUT2D eigenvalue weighted by atomic mass is 9.72. The number of aromatic nitrogens is 4. The fourth-order valence-electron chi connectivity index (χ4n) is 3.75. The van der Waals surface area contributed by atoms with Crippen LogP contribution in [0.5, 0.6) is 6.01 Å². The van der Waals surface area contributed by atoms with Gasteiger partial charge in [-0.15, -0.1) is 5.10 Å². The van der Waals surface area contributed by atoms with Gasteiger partial charge in [-0.05, 0) is 30.4 Å². The maximum atomic E-state index is 10.6. The van der Waals surface area contributed by atoms with Crippen molar-refractivity contribution < 1.29 is 9.53 Å². The molecule has 29 heavy (non-hydrogen) atoms. The molecule has 1 aliphatic rings. The highest BCUT2D eigenvalue weighted by Gasteiger charge is 2.34. The second-order valence-electron chi connectivity index (χ2n) is 7.31. The summed E-state index contributed by atoms with van der Waals surface area (Å²) >= 11 is 0. The summed E-state index contributed by atoms with van der Waals surface area (Å²) in [6.45, 7) is 0.301. The predicted octanol–water partition coefficient (Wildman–Crippen LogP) is 3.33. The molecule has 0 spiro atoms. The average Bonchev–Trinajstić information content (AvgIpc) is 3.13. The smallest absolute Gasteiger partial charge is 0.345 e. The zero-order valence-electron chi connectivity index (χ0n) is 15.7. The first-order valence-electron chi connectivity index (χ1n) is 9.49. The van der Waals surface area contributed by atoms with Gasteiger partial charge < -0.3 is 10.5 Å². The molecule has 0 amide bonds. The van der Waals surface area contributed by atoms with Crippen molar-refractivity contribution in [1.82, 2.24) is 19.6 Å². The van der Waals surface area contributed by atoms with E-state index in [1.807, 2.05) is 48.7 Å². The standard InChI is InChI=1S/C22H19N5O2/c23-22(11-4-12-22)17-9-7-16(8-10-17)19-18(15-5-2-1-3-6-15)13-27-20(24-19)25-21(26-27)29-14-28/h1-3,5-10,13-14H,4,11-12,23H2. The number of carbonyl (C=O) groups is 1. The lowest BCUT2D eigenvalue weighted by molar-refractivity contribution is -0.121. The van der Waals surface area contributed by atoms with Gasteiger partial charge >= 0.3 is 12.5 Å². The number of fused-ring (bicyclic) bond motifs is 1. The Balaban J connectivity index is 1.65. The van der Waals surface area contributed by atoms with Crippen molar-refractivity contribution in [2.75, 3.05) is 0 Å². The van der Waals surface area contributed by atoms with E-state index in [9.17, 15) is 4.79 Å². The Morgan fingerprint density at radius 3 is 2.41 bits per heavy atom. The highest BCUT2D eigenvalue weighted by atomic mass is 16.5. The average molecular weight is 385 g/mol. The Hall–Kier alpha value is -3.58. The summed E-state index contributed by atoms with van der Waals surface area (Å²) in [5, 5.41) is 4.16. The molecule has 1 aliphatic carbocycles. The van der Waals surface area contributed by atoms with E-state index in [-0.39, 0.29) is 11.5 Å². The molecule has 2 aromatic heterocycles. The third kappa shape index (κ3) is 3.05. The van der Waals surface area contributed by atoms with Crippen molar-refractivity contribution in [1.29, 1.82) is 0 Å². The molecule has 1 fully saturated rings. The number of hydrogen-bond acceptors (Lipinski definition) is 6. The van der Waals surface area contributed by atoms with Crippen molar-refractivity contribution in [3.05, 3.63) is 66.4 Å². The van der Waals surface area contributed by atoms with Crippen LogP contribution in [0.3, 0.4) is 0 Å². The summed E-state index contributed by atoms with van der Waals surface area (Å²) < 4.78 is 6.29. The fourth-order valence-corrected chi connectivity index (χ4v) is 3.75. The molecule has 4 aromatic rings. The molecule has 0 bridgehead atoms. The van der Waals surface area contributed by atoms with E-state index in [0.29, 0.717) is 12.2 Å². The van der Waals surface area contributed by atoms with Crippen LogP contribution in [0, 0.1) is 0 Å². The molecule has 7 nitrogen and oxygen atoms in total. The van der Waals surface area contributed by atoms with Gasteiger partial charge in [0.25, 0.3) is 5.78 Å². The van der Waals surface area contributed by atoms with Gasteiger partial charge in [0, 0.05) is 22.9 Å². The van der Waals surface area contributed by atoms with Crippen LogP contribution in [0.4, 0.5) is 0 Å². The zero-order chi connectivity index (χ0) is 19.8. The fraction of sp³-hybridized carbons (Fsp3) is 0.182. The second kappa shape index (κ2) is 6.79. The summed E-state index contributed by atoms with van der Waals surface area (Å²) in [6.07, 6.45) is 5.06. The topological polar surface area (TPSA) is 95.4 Å². The molecular formula is C22H19N5O2.